The summed E-state index contributed by atoms with van der Waals surface area (Å²) >= 11 is 6.12. The van der Waals surface area contributed by atoms with Crippen molar-refractivity contribution in [1.29, 1.82) is 0 Å². The third-order valence-corrected chi connectivity index (χ3v) is 3.59. The second-order valence-electron chi connectivity index (χ2n) is 4.78. The van der Waals surface area contributed by atoms with E-state index in [1.165, 1.54) is 12.1 Å². The summed E-state index contributed by atoms with van der Waals surface area (Å²) in [6.45, 7) is 0. The number of anilines is 1. The highest BCUT2D eigenvalue weighted by Crippen LogP contribution is 2.41. The molecule has 2 aromatic rings. The zero-order chi connectivity index (χ0) is 16.2. The van der Waals surface area contributed by atoms with Gasteiger partial charge in [-0.1, -0.05) is 48.5 Å². The van der Waals surface area contributed by atoms with Crippen LogP contribution in [0.3, 0.4) is 0 Å². The molecule has 116 valence electrons. The predicted octanol–water partition coefficient (Wildman–Crippen LogP) is 4.71. The average Bonchev–Trinajstić information content (AvgIpc) is 2.47. The lowest BCUT2D eigenvalue weighted by Crippen LogP contribution is -2.39. The van der Waals surface area contributed by atoms with Crippen LogP contribution in [0.5, 0.6) is 0 Å². The van der Waals surface area contributed by atoms with Gasteiger partial charge in [0.05, 0.1) is 6.42 Å². The van der Waals surface area contributed by atoms with Gasteiger partial charge in [-0.15, -0.1) is 11.6 Å². The number of carbonyl (C=O) groups is 1. The second-order valence-corrected chi connectivity index (χ2v) is 5.42. The summed E-state index contributed by atoms with van der Waals surface area (Å²) in [5.74, 6) is -0.913. The molecule has 6 heteroatoms. The van der Waals surface area contributed by atoms with E-state index in [4.69, 9.17) is 11.6 Å². The highest BCUT2D eigenvalue weighted by molar-refractivity contribution is 6.36. The molecule has 0 aromatic heterocycles. The Morgan fingerprint density at radius 3 is 1.95 bits per heavy atom. The molecular weight excluding hydrogens is 315 g/mol. The standard InChI is InChI=1S/C16H13ClF3NO/c17-15(11-16(18,19)20,12-7-3-1-4-8-12)14(22)21-13-9-5-2-6-10-13/h1-10H,11H2,(H,21,22)/t15-/m0/s1. The topological polar surface area (TPSA) is 29.1 Å². The van der Waals surface area contributed by atoms with E-state index >= 15 is 0 Å². The minimum Gasteiger partial charge on any atom is -0.324 e. The van der Waals surface area contributed by atoms with E-state index < -0.39 is 23.4 Å². The monoisotopic (exact) mass is 327 g/mol. The molecule has 0 unspecified atom stereocenters. The Morgan fingerprint density at radius 2 is 1.45 bits per heavy atom. The van der Waals surface area contributed by atoms with Gasteiger partial charge in [0.15, 0.2) is 4.87 Å². The molecule has 1 N–H and O–H groups in total. The third-order valence-electron chi connectivity index (χ3n) is 3.07. The second kappa shape index (κ2) is 6.40. The van der Waals surface area contributed by atoms with Crippen LogP contribution in [0.2, 0.25) is 0 Å². The number of alkyl halides is 4. The molecule has 0 saturated carbocycles. The molecule has 22 heavy (non-hydrogen) atoms. The molecule has 0 aliphatic rings. The molecule has 2 aromatic carbocycles. The van der Waals surface area contributed by atoms with Crippen LogP contribution in [0.25, 0.3) is 0 Å². The fourth-order valence-electron chi connectivity index (χ4n) is 2.04. The molecule has 0 bridgehead atoms. The Balaban J connectivity index is 2.34. The smallest absolute Gasteiger partial charge is 0.324 e. The molecule has 0 fully saturated rings. The lowest BCUT2D eigenvalue weighted by molar-refractivity contribution is -0.149. The van der Waals surface area contributed by atoms with Crippen molar-refractivity contribution in [3.8, 4) is 0 Å². The van der Waals surface area contributed by atoms with Gasteiger partial charge in [-0.2, -0.15) is 13.2 Å². The summed E-state index contributed by atoms with van der Waals surface area (Å²) in [5.41, 5.74) is 0.484. The largest absolute Gasteiger partial charge is 0.391 e. The van der Waals surface area contributed by atoms with Gasteiger partial charge in [-0.05, 0) is 17.7 Å². The van der Waals surface area contributed by atoms with Crippen molar-refractivity contribution in [1.82, 2.24) is 0 Å². The van der Waals surface area contributed by atoms with Crippen molar-refractivity contribution in [2.45, 2.75) is 17.5 Å². The van der Waals surface area contributed by atoms with Crippen molar-refractivity contribution < 1.29 is 18.0 Å². The van der Waals surface area contributed by atoms with Gasteiger partial charge < -0.3 is 5.32 Å². The zero-order valence-corrected chi connectivity index (χ0v) is 12.2. The van der Waals surface area contributed by atoms with Gasteiger partial charge >= 0.3 is 6.18 Å². The predicted molar refractivity (Wildman–Crippen MR) is 79.7 cm³/mol. The Morgan fingerprint density at radius 1 is 0.955 bits per heavy atom. The number of hydrogen-bond acceptors (Lipinski definition) is 1. The summed E-state index contributed by atoms with van der Waals surface area (Å²) in [5, 5.41) is 2.43. The Labute approximate surface area is 130 Å². The quantitative estimate of drug-likeness (QED) is 0.809. The van der Waals surface area contributed by atoms with Gasteiger partial charge in [0.2, 0.25) is 5.91 Å². The average molecular weight is 328 g/mol. The highest BCUT2D eigenvalue weighted by atomic mass is 35.5. The summed E-state index contributed by atoms with van der Waals surface area (Å²) < 4.78 is 38.6. The van der Waals surface area contributed by atoms with Crippen molar-refractivity contribution in [3.05, 3.63) is 66.2 Å². The highest BCUT2D eigenvalue weighted by Gasteiger charge is 2.47. The molecule has 0 spiro atoms. The van der Waals surface area contributed by atoms with E-state index in [1.807, 2.05) is 0 Å². The fourth-order valence-corrected chi connectivity index (χ4v) is 2.37. The van der Waals surface area contributed by atoms with E-state index in [2.05, 4.69) is 5.32 Å². The molecule has 0 aliphatic heterocycles. The molecule has 2 rings (SSSR count). The first-order chi connectivity index (χ1) is 10.3. The molecule has 0 radical (unpaired) electrons. The normalized spacial score (nSPS) is 14.2. The summed E-state index contributed by atoms with van der Waals surface area (Å²) in [7, 11) is 0. The molecule has 1 atom stereocenters. The fraction of sp³-hybridized carbons (Fsp3) is 0.188. The SMILES string of the molecule is O=C(Nc1ccccc1)[C@](Cl)(CC(F)(F)F)c1ccccc1. The van der Waals surface area contributed by atoms with Gasteiger partial charge in [0, 0.05) is 5.69 Å². The van der Waals surface area contributed by atoms with E-state index in [0.29, 0.717) is 5.69 Å². The number of benzene rings is 2. The summed E-state index contributed by atoms with van der Waals surface area (Å²) in [4.78, 5) is 10.2. The minimum absolute atomic E-state index is 0.0995. The van der Waals surface area contributed by atoms with Crippen LogP contribution in [0.1, 0.15) is 12.0 Å². The minimum atomic E-state index is -4.58. The van der Waals surface area contributed by atoms with Gasteiger partial charge in [0.1, 0.15) is 0 Å². The maximum atomic E-state index is 12.9. The van der Waals surface area contributed by atoms with Gasteiger partial charge in [-0.25, -0.2) is 0 Å². The van der Waals surface area contributed by atoms with Crippen molar-refractivity contribution in [3.63, 3.8) is 0 Å². The first-order valence-corrected chi connectivity index (χ1v) is 6.87. The number of hydrogen-bond donors (Lipinski definition) is 1. The first-order valence-electron chi connectivity index (χ1n) is 6.49. The third kappa shape index (κ3) is 4.01. The van der Waals surface area contributed by atoms with Crippen LogP contribution >= 0.6 is 11.6 Å². The molecule has 2 nitrogen and oxygen atoms in total. The Kier molecular flexibility index (Phi) is 4.76. The molecular formula is C16H13ClF3NO. The lowest BCUT2D eigenvalue weighted by atomic mass is 9.93. The number of nitrogens with one attached hydrogen (secondary N) is 1. The Bertz CT molecular complexity index is 631. The van der Waals surface area contributed by atoms with Gasteiger partial charge in [-0.3, -0.25) is 4.79 Å². The number of amides is 1. The number of carbonyl (C=O) groups excluding carboxylic acids is 1. The van der Waals surface area contributed by atoms with Crippen molar-refractivity contribution in [2.75, 3.05) is 5.32 Å². The molecule has 0 aliphatic carbocycles. The van der Waals surface area contributed by atoms with Crippen molar-refractivity contribution in [2.24, 2.45) is 0 Å². The van der Waals surface area contributed by atoms with E-state index in [1.54, 1.807) is 48.5 Å². The summed E-state index contributed by atoms with van der Waals surface area (Å²) in [6.07, 6.45) is -6.03. The lowest BCUT2D eigenvalue weighted by Gasteiger charge is -2.27. The van der Waals surface area contributed by atoms with Crippen LogP contribution in [-0.4, -0.2) is 12.1 Å². The van der Waals surface area contributed by atoms with Crippen molar-refractivity contribution >= 4 is 23.2 Å². The van der Waals surface area contributed by atoms with E-state index in [9.17, 15) is 18.0 Å². The molecule has 0 saturated heterocycles. The van der Waals surface area contributed by atoms with Crippen LogP contribution in [0.4, 0.5) is 18.9 Å². The first kappa shape index (κ1) is 16.4. The van der Waals surface area contributed by atoms with Gasteiger partial charge in [0.25, 0.3) is 0 Å². The Hall–Kier alpha value is -2.01. The number of halogens is 4. The molecule has 0 heterocycles. The number of rotatable bonds is 4. The number of para-hydroxylation sites is 1. The maximum Gasteiger partial charge on any atom is 0.391 e. The van der Waals surface area contributed by atoms with E-state index in [0.717, 1.165) is 0 Å². The summed E-state index contributed by atoms with van der Waals surface area (Å²) in [6, 6.07) is 15.8. The van der Waals surface area contributed by atoms with Crippen LogP contribution in [-0.2, 0) is 9.67 Å². The van der Waals surface area contributed by atoms with Crippen LogP contribution in [0.15, 0.2) is 60.7 Å². The van der Waals surface area contributed by atoms with Crippen LogP contribution in [0, 0.1) is 0 Å². The van der Waals surface area contributed by atoms with Crippen LogP contribution < -0.4 is 5.32 Å². The maximum absolute atomic E-state index is 12.9. The zero-order valence-electron chi connectivity index (χ0n) is 11.4. The van der Waals surface area contributed by atoms with E-state index in [-0.39, 0.29) is 5.56 Å². The molecule has 1 amide bonds.